The Labute approximate surface area is 256 Å². The van der Waals surface area contributed by atoms with Gasteiger partial charge in [0.25, 0.3) is 10.0 Å². The molecule has 0 aromatic heterocycles. The Morgan fingerprint density at radius 1 is 0.833 bits per heavy atom. The van der Waals surface area contributed by atoms with Crippen LogP contribution in [0.15, 0.2) is 108 Å². The zero-order valence-electron chi connectivity index (χ0n) is 23.2. The third-order valence-electron chi connectivity index (χ3n) is 6.82. The molecule has 1 N–H and O–H groups in total. The van der Waals surface area contributed by atoms with E-state index in [1.54, 1.807) is 48.5 Å². The van der Waals surface area contributed by atoms with Gasteiger partial charge in [-0.3, -0.25) is 13.9 Å². The number of carbonyl (C=O) groups is 2. The first kappa shape index (κ1) is 31.1. The second kappa shape index (κ2) is 13.9. The molecule has 0 aliphatic rings. The van der Waals surface area contributed by atoms with Crippen LogP contribution in [0.1, 0.15) is 16.7 Å². The van der Waals surface area contributed by atoms with Crippen LogP contribution in [0.5, 0.6) is 0 Å². The number of likely N-dealkylation sites (N-methyl/N-ethyl adjacent to an activating group) is 1. The minimum Gasteiger partial charge on any atom is -0.357 e. The van der Waals surface area contributed by atoms with Crippen molar-refractivity contribution in [1.82, 2.24) is 10.2 Å². The van der Waals surface area contributed by atoms with Crippen molar-refractivity contribution in [2.45, 2.75) is 30.8 Å². The van der Waals surface area contributed by atoms with Crippen LogP contribution in [0.2, 0.25) is 10.0 Å². The van der Waals surface area contributed by atoms with Crippen molar-refractivity contribution in [2.75, 3.05) is 17.9 Å². The molecule has 2 amide bonds. The van der Waals surface area contributed by atoms with Gasteiger partial charge in [-0.15, -0.1) is 0 Å². The maximum absolute atomic E-state index is 14.3. The van der Waals surface area contributed by atoms with Gasteiger partial charge in [0.05, 0.1) is 10.6 Å². The van der Waals surface area contributed by atoms with E-state index in [-0.39, 0.29) is 23.8 Å². The molecule has 0 unspecified atom stereocenters. The molecular formula is C32H31Cl2N3O4S. The highest BCUT2D eigenvalue weighted by molar-refractivity contribution is 7.92. The second-order valence-electron chi connectivity index (χ2n) is 9.73. The predicted octanol–water partition coefficient (Wildman–Crippen LogP) is 5.88. The lowest BCUT2D eigenvalue weighted by atomic mass is 10.0. The van der Waals surface area contributed by atoms with Gasteiger partial charge in [0.2, 0.25) is 11.8 Å². The van der Waals surface area contributed by atoms with Crippen molar-refractivity contribution in [3.8, 4) is 0 Å². The maximum atomic E-state index is 14.3. The minimum atomic E-state index is -4.20. The van der Waals surface area contributed by atoms with E-state index in [0.717, 1.165) is 15.4 Å². The molecule has 4 rings (SSSR count). The predicted molar refractivity (Wildman–Crippen MR) is 167 cm³/mol. The zero-order chi connectivity index (χ0) is 30.3. The highest BCUT2D eigenvalue weighted by atomic mass is 35.5. The van der Waals surface area contributed by atoms with E-state index in [1.165, 1.54) is 36.2 Å². The SMILES string of the molecule is CNC(=O)[C@H](Cc1ccccc1)N(Cc1ccccc1Cl)C(=O)CN(c1ccc(C)cc1)S(=O)(=O)c1ccc(Cl)cc1. The molecule has 0 spiro atoms. The van der Waals surface area contributed by atoms with E-state index in [4.69, 9.17) is 23.2 Å². The largest absolute Gasteiger partial charge is 0.357 e. The number of sulfonamides is 1. The van der Waals surface area contributed by atoms with Gasteiger partial charge in [-0.05, 0) is 60.5 Å². The molecular weight excluding hydrogens is 593 g/mol. The Bertz CT molecular complexity index is 1630. The van der Waals surface area contributed by atoms with Crippen LogP contribution in [0.3, 0.4) is 0 Å². The lowest BCUT2D eigenvalue weighted by Crippen LogP contribution is -2.53. The van der Waals surface area contributed by atoms with E-state index < -0.39 is 28.5 Å². The number of hydrogen-bond acceptors (Lipinski definition) is 4. The molecule has 7 nitrogen and oxygen atoms in total. The van der Waals surface area contributed by atoms with Crippen LogP contribution < -0.4 is 9.62 Å². The molecule has 0 heterocycles. The van der Waals surface area contributed by atoms with Gasteiger partial charge in [0.1, 0.15) is 12.6 Å². The summed E-state index contributed by atoms with van der Waals surface area (Å²) in [4.78, 5) is 28.9. The van der Waals surface area contributed by atoms with Gasteiger partial charge in [0.15, 0.2) is 0 Å². The lowest BCUT2D eigenvalue weighted by molar-refractivity contribution is -0.139. The number of aryl methyl sites for hydroxylation is 1. The Hall–Kier alpha value is -3.85. The third kappa shape index (κ3) is 7.50. The summed E-state index contributed by atoms with van der Waals surface area (Å²) in [6, 6.07) is 28.0. The van der Waals surface area contributed by atoms with Crippen LogP contribution in [-0.2, 0) is 32.6 Å². The fraction of sp³-hybridized carbons (Fsp3) is 0.188. The number of hydrogen-bond donors (Lipinski definition) is 1. The number of benzene rings is 4. The van der Waals surface area contributed by atoms with Gasteiger partial charge in [0, 0.05) is 30.1 Å². The maximum Gasteiger partial charge on any atom is 0.264 e. The van der Waals surface area contributed by atoms with Gasteiger partial charge in [-0.1, -0.05) is 89.4 Å². The number of carbonyl (C=O) groups excluding carboxylic acids is 2. The molecule has 10 heteroatoms. The van der Waals surface area contributed by atoms with Crippen molar-refractivity contribution in [2.24, 2.45) is 0 Å². The first-order valence-electron chi connectivity index (χ1n) is 13.2. The topological polar surface area (TPSA) is 86.8 Å². The molecule has 0 aliphatic heterocycles. The minimum absolute atomic E-state index is 0.00778. The summed E-state index contributed by atoms with van der Waals surface area (Å²) in [5.74, 6) is -0.959. The van der Waals surface area contributed by atoms with Crippen LogP contribution in [0.4, 0.5) is 5.69 Å². The average molecular weight is 625 g/mol. The number of anilines is 1. The van der Waals surface area contributed by atoms with Crippen molar-refractivity contribution < 1.29 is 18.0 Å². The summed E-state index contributed by atoms with van der Waals surface area (Å²) in [6.07, 6.45) is 0.213. The van der Waals surface area contributed by atoms with E-state index in [2.05, 4.69) is 5.32 Å². The Morgan fingerprint density at radius 3 is 2.07 bits per heavy atom. The highest BCUT2D eigenvalue weighted by Crippen LogP contribution is 2.27. The van der Waals surface area contributed by atoms with Crippen LogP contribution in [-0.4, -0.2) is 44.8 Å². The molecule has 1 atom stereocenters. The van der Waals surface area contributed by atoms with E-state index in [0.29, 0.717) is 21.3 Å². The number of nitrogens with one attached hydrogen (secondary N) is 1. The first-order chi connectivity index (χ1) is 20.1. The molecule has 0 saturated heterocycles. The highest BCUT2D eigenvalue weighted by Gasteiger charge is 2.34. The average Bonchev–Trinajstić information content (AvgIpc) is 2.99. The molecule has 218 valence electrons. The normalized spacial score (nSPS) is 11.9. The van der Waals surface area contributed by atoms with E-state index >= 15 is 0 Å². The summed E-state index contributed by atoms with van der Waals surface area (Å²) < 4.78 is 29.0. The van der Waals surface area contributed by atoms with Crippen molar-refractivity contribution in [3.05, 3.63) is 130 Å². The van der Waals surface area contributed by atoms with Gasteiger partial charge in [-0.2, -0.15) is 0 Å². The van der Waals surface area contributed by atoms with Crippen molar-refractivity contribution >= 4 is 50.7 Å². The fourth-order valence-corrected chi connectivity index (χ4v) is 6.24. The summed E-state index contributed by atoms with van der Waals surface area (Å²) in [6.45, 7) is 1.32. The molecule has 0 radical (unpaired) electrons. The second-order valence-corrected chi connectivity index (χ2v) is 12.4. The molecule has 4 aromatic carbocycles. The van der Waals surface area contributed by atoms with Gasteiger partial charge >= 0.3 is 0 Å². The van der Waals surface area contributed by atoms with E-state index in [1.807, 2.05) is 37.3 Å². The van der Waals surface area contributed by atoms with Crippen molar-refractivity contribution in [3.63, 3.8) is 0 Å². The smallest absolute Gasteiger partial charge is 0.264 e. The van der Waals surface area contributed by atoms with Gasteiger partial charge in [-0.25, -0.2) is 8.42 Å². The number of nitrogens with zero attached hydrogens (tertiary/aromatic N) is 2. The summed E-state index contributed by atoms with van der Waals surface area (Å²) >= 11 is 12.5. The molecule has 0 bridgehead atoms. The van der Waals surface area contributed by atoms with Crippen LogP contribution >= 0.6 is 23.2 Å². The summed E-state index contributed by atoms with van der Waals surface area (Å²) in [5.41, 5.74) is 2.70. The van der Waals surface area contributed by atoms with Gasteiger partial charge < -0.3 is 10.2 Å². The first-order valence-corrected chi connectivity index (χ1v) is 15.4. The molecule has 0 aliphatic carbocycles. The lowest BCUT2D eigenvalue weighted by Gasteiger charge is -2.33. The third-order valence-corrected chi connectivity index (χ3v) is 9.23. The Morgan fingerprint density at radius 2 is 1.45 bits per heavy atom. The Kier molecular flexibility index (Phi) is 10.3. The quantitative estimate of drug-likeness (QED) is 0.226. The molecule has 0 fully saturated rings. The molecule has 0 saturated carbocycles. The fourth-order valence-electron chi connectivity index (χ4n) is 4.50. The van der Waals surface area contributed by atoms with Crippen molar-refractivity contribution in [1.29, 1.82) is 0 Å². The number of rotatable bonds is 11. The molecule has 42 heavy (non-hydrogen) atoms. The monoisotopic (exact) mass is 623 g/mol. The van der Waals surface area contributed by atoms with E-state index in [9.17, 15) is 18.0 Å². The van der Waals surface area contributed by atoms with Crippen LogP contribution in [0.25, 0.3) is 0 Å². The number of amides is 2. The number of halogens is 2. The van der Waals surface area contributed by atoms with Crippen LogP contribution in [0, 0.1) is 6.92 Å². The standard InChI is InChI=1S/C32H31Cl2N3O4S/c1-23-12-16-27(17-13-23)37(42(40,41)28-18-14-26(33)15-19-28)22-31(38)36(21-25-10-6-7-11-29(25)34)30(32(39)35-2)20-24-8-4-3-5-9-24/h3-19,30H,20-22H2,1-2H3,(H,35,39)/t30-/m0/s1. The summed E-state index contributed by atoms with van der Waals surface area (Å²) in [7, 11) is -2.70. The Balaban J connectivity index is 1.79. The zero-order valence-corrected chi connectivity index (χ0v) is 25.5. The summed E-state index contributed by atoms with van der Waals surface area (Å²) in [5, 5.41) is 3.47. The molecule has 4 aromatic rings.